The summed E-state index contributed by atoms with van der Waals surface area (Å²) in [7, 11) is 0. The zero-order valence-corrected chi connectivity index (χ0v) is 16.1. The number of nitrogens with one attached hydrogen (secondary N) is 1. The third-order valence-electron chi connectivity index (χ3n) is 4.13. The van der Waals surface area contributed by atoms with Gasteiger partial charge in [0.05, 0.1) is 6.42 Å². The lowest BCUT2D eigenvalue weighted by Gasteiger charge is -2.22. The molecule has 0 aliphatic carbocycles. The number of rotatable bonds is 13. The molecule has 0 aliphatic heterocycles. The van der Waals surface area contributed by atoms with Gasteiger partial charge < -0.3 is 20.4 Å². The maximum atomic E-state index is 12.3. The fraction of sp³-hybridized carbons (Fsp3) is 0.500. The van der Waals surface area contributed by atoms with Crippen LogP contribution in [0.15, 0.2) is 30.3 Å². The number of carboxylic acid groups (broad SMARTS) is 2. The first-order chi connectivity index (χ1) is 13.3. The van der Waals surface area contributed by atoms with Crippen LogP contribution in [0.25, 0.3) is 0 Å². The van der Waals surface area contributed by atoms with Crippen molar-refractivity contribution in [1.82, 2.24) is 5.32 Å². The van der Waals surface area contributed by atoms with Crippen molar-refractivity contribution in [2.45, 2.75) is 57.9 Å². The fourth-order valence-corrected chi connectivity index (χ4v) is 2.73. The Labute approximate surface area is 164 Å². The van der Waals surface area contributed by atoms with E-state index in [9.17, 15) is 19.2 Å². The molecule has 1 aromatic carbocycles. The quantitative estimate of drug-likeness (QED) is 0.443. The van der Waals surface area contributed by atoms with Crippen LogP contribution in [0.2, 0.25) is 0 Å². The summed E-state index contributed by atoms with van der Waals surface area (Å²) in [5, 5.41) is 19.8. The number of carbonyl (C=O) groups is 4. The van der Waals surface area contributed by atoms with Crippen molar-refractivity contribution in [1.29, 1.82) is 0 Å². The van der Waals surface area contributed by atoms with Gasteiger partial charge in [-0.2, -0.15) is 0 Å². The second-order valence-electron chi connectivity index (χ2n) is 6.50. The second-order valence-corrected chi connectivity index (χ2v) is 6.50. The minimum Gasteiger partial charge on any atom is -0.481 e. The molecule has 154 valence electrons. The number of amides is 2. The number of unbranched alkanes of at least 4 members (excludes halogenated alkanes) is 2. The molecule has 2 amide bonds. The number of aliphatic carboxylic acids is 2. The second kappa shape index (κ2) is 12.5. The van der Waals surface area contributed by atoms with Crippen molar-refractivity contribution in [2.75, 3.05) is 11.4 Å². The lowest BCUT2D eigenvalue weighted by molar-refractivity contribution is -0.147. The van der Waals surface area contributed by atoms with E-state index in [2.05, 4.69) is 5.32 Å². The van der Waals surface area contributed by atoms with Gasteiger partial charge in [-0.1, -0.05) is 31.5 Å². The Bertz CT molecular complexity index is 662. The number of hydrogen-bond donors (Lipinski definition) is 3. The number of nitrogens with zero attached hydrogens (tertiary/aromatic N) is 1. The van der Waals surface area contributed by atoms with Crippen molar-refractivity contribution in [3.05, 3.63) is 30.3 Å². The van der Waals surface area contributed by atoms with Crippen molar-refractivity contribution < 1.29 is 29.4 Å². The normalized spacial score (nSPS) is 11.5. The zero-order valence-electron chi connectivity index (χ0n) is 16.1. The van der Waals surface area contributed by atoms with Gasteiger partial charge in [0.2, 0.25) is 11.8 Å². The predicted molar refractivity (Wildman–Crippen MR) is 104 cm³/mol. The molecule has 1 rings (SSSR count). The fourth-order valence-electron chi connectivity index (χ4n) is 2.73. The Morgan fingerprint density at radius 3 is 2.25 bits per heavy atom. The highest BCUT2D eigenvalue weighted by Gasteiger charge is 2.22. The highest BCUT2D eigenvalue weighted by molar-refractivity contribution is 5.93. The van der Waals surface area contributed by atoms with Crippen molar-refractivity contribution in [3.8, 4) is 0 Å². The summed E-state index contributed by atoms with van der Waals surface area (Å²) in [6.45, 7) is 2.50. The molecule has 8 heteroatoms. The molecule has 28 heavy (non-hydrogen) atoms. The molecule has 0 heterocycles. The molecule has 1 aromatic rings. The molecule has 3 N–H and O–H groups in total. The van der Waals surface area contributed by atoms with Gasteiger partial charge in [-0.3, -0.25) is 14.4 Å². The molecule has 0 unspecified atom stereocenters. The molecule has 1 atom stereocenters. The Morgan fingerprint density at radius 1 is 1.00 bits per heavy atom. The first-order valence-corrected chi connectivity index (χ1v) is 9.44. The molecule has 0 aliphatic rings. The van der Waals surface area contributed by atoms with Crippen LogP contribution < -0.4 is 10.2 Å². The minimum atomic E-state index is -1.43. The van der Waals surface area contributed by atoms with E-state index < -0.39 is 30.3 Å². The maximum Gasteiger partial charge on any atom is 0.326 e. The average Bonchev–Trinajstić information content (AvgIpc) is 2.64. The summed E-state index contributed by atoms with van der Waals surface area (Å²) < 4.78 is 0. The van der Waals surface area contributed by atoms with E-state index in [0.29, 0.717) is 32.2 Å². The molecule has 0 bridgehead atoms. The summed E-state index contributed by atoms with van der Waals surface area (Å²) in [6.07, 6.45) is 2.60. The highest BCUT2D eigenvalue weighted by atomic mass is 16.4. The Kier molecular flexibility index (Phi) is 10.3. The van der Waals surface area contributed by atoms with Crippen LogP contribution >= 0.6 is 0 Å². The number of anilines is 1. The molecular weight excluding hydrogens is 364 g/mol. The van der Waals surface area contributed by atoms with Gasteiger partial charge in [0.1, 0.15) is 6.04 Å². The minimum absolute atomic E-state index is 0.0596. The maximum absolute atomic E-state index is 12.3. The Balaban J connectivity index is 2.42. The molecule has 0 saturated heterocycles. The Hall–Kier alpha value is -2.90. The van der Waals surface area contributed by atoms with E-state index in [4.69, 9.17) is 10.2 Å². The standard InChI is InChI=1S/C20H28N2O6/c1-2-9-18(24)22(15-10-5-3-6-11-15)13-8-4-7-12-17(23)21-16(20(27)28)14-19(25)26/h3,5-6,10-11,16H,2,4,7-9,12-14H2,1H3,(H,21,23)(H,25,26)(H,27,28)/t16-/m0/s1. The summed E-state index contributed by atoms with van der Waals surface area (Å²) >= 11 is 0. The number of carbonyl (C=O) groups excluding carboxylic acids is 2. The number of benzene rings is 1. The van der Waals surface area contributed by atoms with Crippen LogP contribution in [0.1, 0.15) is 51.9 Å². The monoisotopic (exact) mass is 392 g/mol. The van der Waals surface area contributed by atoms with E-state index >= 15 is 0 Å². The van der Waals surface area contributed by atoms with Crippen molar-refractivity contribution >= 4 is 29.4 Å². The van der Waals surface area contributed by atoms with E-state index in [0.717, 1.165) is 12.1 Å². The van der Waals surface area contributed by atoms with E-state index in [1.165, 1.54) is 0 Å². The largest absolute Gasteiger partial charge is 0.481 e. The summed E-state index contributed by atoms with van der Waals surface area (Å²) in [6, 6.07) is 7.99. The SMILES string of the molecule is CCCC(=O)N(CCCCCC(=O)N[C@@H](CC(=O)O)C(=O)O)c1ccccc1. The van der Waals surface area contributed by atoms with Gasteiger partial charge >= 0.3 is 11.9 Å². The number of hydrogen-bond acceptors (Lipinski definition) is 4. The molecule has 0 fully saturated rings. The van der Waals surface area contributed by atoms with Crippen molar-refractivity contribution in [3.63, 3.8) is 0 Å². The highest BCUT2D eigenvalue weighted by Crippen LogP contribution is 2.16. The third kappa shape index (κ3) is 8.66. The van der Waals surface area contributed by atoms with Gasteiger partial charge in [-0.05, 0) is 31.4 Å². The first-order valence-electron chi connectivity index (χ1n) is 9.44. The topological polar surface area (TPSA) is 124 Å². The van der Waals surface area contributed by atoms with Crippen LogP contribution in [-0.4, -0.2) is 46.6 Å². The number of para-hydroxylation sites is 1. The first kappa shape index (κ1) is 23.1. The molecular formula is C20H28N2O6. The molecule has 0 aromatic heterocycles. The van der Waals surface area contributed by atoms with Gasteiger partial charge in [-0.15, -0.1) is 0 Å². The van der Waals surface area contributed by atoms with E-state index in [-0.39, 0.29) is 12.3 Å². The number of carboxylic acids is 2. The summed E-state index contributed by atoms with van der Waals surface area (Å²) in [5.41, 5.74) is 0.844. The zero-order chi connectivity index (χ0) is 20.9. The average molecular weight is 392 g/mol. The predicted octanol–water partition coefficient (Wildman–Crippen LogP) is 2.42. The molecule has 8 nitrogen and oxygen atoms in total. The van der Waals surface area contributed by atoms with Gasteiger partial charge in [0.15, 0.2) is 0 Å². The van der Waals surface area contributed by atoms with Crippen LogP contribution in [0, 0.1) is 0 Å². The van der Waals surface area contributed by atoms with Crippen LogP contribution in [0.3, 0.4) is 0 Å². The Morgan fingerprint density at radius 2 is 1.68 bits per heavy atom. The lowest BCUT2D eigenvalue weighted by Crippen LogP contribution is -2.42. The van der Waals surface area contributed by atoms with Crippen LogP contribution in [0.5, 0.6) is 0 Å². The van der Waals surface area contributed by atoms with E-state index in [1.54, 1.807) is 4.90 Å². The van der Waals surface area contributed by atoms with Gasteiger partial charge in [0, 0.05) is 25.1 Å². The van der Waals surface area contributed by atoms with Crippen LogP contribution in [0.4, 0.5) is 5.69 Å². The third-order valence-corrected chi connectivity index (χ3v) is 4.13. The lowest BCUT2D eigenvalue weighted by atomic mass is 10.1. The smallest absolute Gasteiger partial charge is 0.326 e. The molecule has 0 spiro atoms. The van der Waals surface area contributed by atoms with E-state index in [1.807, 2.05) is 37.3 Å². The van der Waals surface area contributed by atoms with Gasteiger partial charge in [0.25, 0.3) is 0 Å². The molecule has 0 radical (unpaired) electrons. The van der Waals surface area contributed by atoms with Gasteiger partial charge in [-0.25, -0.2) is 4.79 Å². The summed E-state index contributed by atoms with van der Waals surface area (Å²) in [4.78, 5) is 47.5. The summed E-state index contributed by atoms with van der Waals surface area (Å²) in [5.74, 6) is -3.09. The van der Waals surface area contributed by atoms with Crippen LogP contribution in [-0.2, 0) is 19.2 Å². The van der Waals surface area contributed by atoms with Crippen molar-refractivity contribution in [2.24, 2.45) is 0 Å². The molecule has 0 saturated carbocycles.